The number of benzene rings is 2. The summed E-state index contributed by atoms with van der Waals surface area (Å²) < 4.78 is 31.2. The molecule has 11 heteroatoms. The number of rotatable bonds is 10. The van der Waals surface area contributed by atoms with Gasteiger partial charge in [0.15, 0.2) is 0 Å². The molecule has 0 saturated heterocycles. The number of carbonyl (C=O) groups is 2. The van der Waals surface area contributed by atoms with E-state index in [1.807, 2.05) is 0 Å². The van der Waals surface area contributed by atoms with Gasteiger partial charge < -0.3 is 15.0 Å². The molecule has 33 heavy (non-hydrogen) atoms. The highest BCUT2D eigenvalue weighted by atomic mass is 35.5. The van der Waals surface area contributed by atoms with Gasteiger partial charge in [0.25, 0.3) is 0 Å². The van der Waals surface area contributed by atoms with Gasteiger partial charge in [-0.3, -0.25) is 13.9 Å². The van der Waals surface area contributed by atoms with Gasteiger partial charge in [0.2, 0.25) is 21.8 Å². The first-order valence-electron chi connectivity index (χ1n) is 10.1. The maximum atomic E-state index is 13.4. The molecular weight excluding hydrogens is 489 g/mol. The Hall–Kier alpha value is -2.49. The van der Waals surface area contributed by atoms with Crippen molar-refractivity contribution in [3.8, 4) is 5.75 Å². The Balaban J connectivity index is 2.42. The topological polar surface area (TPSA) is 96.0 Å². The molecule has 0 unspecified atom stereocenters. The molecule has 8 nitrogen and oxygen atoms in total. The Kier molecular flexibility index (Phi) is 9.39. The standard InChI is InChI=1S/C22H27Cl2N3O5S/c1-5-25-22(29)15(2)26(13-16-7-6-8-18(11-16)32-3)21(28)14-27(33(4,30)31)20-10-9-17(23)12-19(20)24/h6-12,15H,5,13-14H2,1-4H3,(H,25,29)/t15-/m0/s1. The molecule has 0 saturated carbocycles. The Morgan fingerprint density at radius 1 is 1.15 bits per heavy atom. The summed E-state index contributed by atoms with van der Waals surface area (Å²) >= 11 is 12.1. The third kappa shape index (κ3) is 7.25. The molecule has 180 valence electrons. The molecular formula is C22H27Cl2N3O5S. The van der Waals surface area contributed by atoms with Crippen LogP contribution in [0.4, 0.5) is 5.69 Å². The number of methoxy groups -OCH3 is 1. The number of carbonyl (C=O) groups excluding carboxylic acids is 2. The number of hydrogen-bond acceptors (Lipinski definition) is 5. The Labute approximate surface area is 204 Å². The van der Waals surface area contributed by atoms with Crippen molar-refractivity contribution in [3.63, 3.8) is 0 Å². The van der Waals surface area contributed by atoms with Gasteiger partial charge in [-0.05, 0) is 49.7 Å². The summed E-state index contributed by atoms with van der Waals surface area (Å²) in [4.78, 5) is 27.3. The van der Waals surface area contributed by atoms with Gasteiger partial charge in [0.1, 0.15) is 18.3 Å². The Bertz CT molecular complexity index is 1110. The van der Waals surface area contributed by atoms with Gasteiger partial charge in [-0.15, -0.1) is 0 Å². The van der Waals surface area contributed by atoms with Crippen LogP contribution in [0.25, 0.3) is 0 Å². The van der Waals surface area contributed by atoms with Crippen LogP contribution in [0.1, 0.15) is 19.4 Å². The smallest absolute Gasteiger partial charge is 0.244 e. The number of anilines is 1. The number of ether oxygens (including phenoxy) is 1. The predicted octanol–water partition coefficient (Wildman–Crippen LogP) is 3.32. The minimum Gasteiger partial charge on any atom is -0.497 e. The van der Waals surface area contributed by atoms with Crippen LogP contribution < -0.4 is 14.4 Å². The van der Waals surface area contributed by atoms with Crippen LogP contribution in [-0.2, 0) is 26.2 Å². The highest BCUT2D eigenvalue weighted by Gasteiger charge is 2.30. The van der Waals surface area contributed by atoms with Crippen molar-refractivity contribution in [2.24, 2.45) is 0 Å². The average Bonchev–Trinajstić information content (AvgIpc) is 2.75. The second-order valence-electron chi connectivity index (χ2n) is 7.31. The Morgan fingerprint density at radius 2 is 1.85 bits per heavy atom. The van der Waals surface area contributed by atoms with Gasteiger partial charge in [-0.2, -0.15) is 0 Å². The van der Waals surface area contributed by atoms with Crippen molar-refractivity contribution in [2.45, 2.75) is 26.4 Å². The van der Waals surface area contributed by atoms with E-state index in [1.54, 1.807) is 38.1 Å². The number of likely N-dealkylation sites (N-methyl/N-ethyl adjacent to an activating group) is 1. The van der Waals surface area contributed by atoms with Crippen molar-refractivity contribution in [1.82, 2.24) is 10.2 Å². The van der Waals surface area contributed by atoms with E-state index >= 15 is 0 Å². The summed E-state index contributed by atoms with van der Waals surface area (Å²) in [6.45, 7) is 3.27. The van der Waals surface area contributed by atoms with Gasteiger partial charge in [0.05, 0.1) is 24.1 Å². The molecule has 2 aromatic carbocycles. The first-order chi connectivity index (χ1) is 15.5. The zero-order valence-corrected chi connectivity index (χ0v) is 21.2. The largest absolute Gasteiger partial charge is 0.497 e. The summed E-state index contributed by atoms with van der Waals surface area (Å²) in [7, 11) is -2.36. The molecule has 2 aromatic rings. The molecule has 0 bridgehead atoms. The van der Waals surface area contributed by atoms with Crippen LogP contribution in [0.2, 0.25) is 10.0 Å². The van der Waals surface area contributed by atoms with Crippen LogP contribution in [0.15, 0.2) is 42.5 Å². The summed E-state index contributed by atoms with van der Waals surface area (Å²) in [5.74, 6) is -0.339. The summed E-state index contributed by atoms with van der Waals surface area (Å²) in [6, 6.07) is 10.5. The molecule has 0 aliphatic carbocycles. The maximum absolute atomic E-state index is 13.4. The fraction of sp³-hybridized carbons (Fsp3) is 0.364. The molecule has 0 fully saturated rings. The van der Waals surface area contributed by atoms with Crippen LogP contribution >= 0.6 is 23.2 Å². The number of nitrogens with one attached hydrogen (secondary N) is 1. The van der Waals surface area contributed by atoms with E-state index in [0.717, 1.165) is 10.6 Å². The predicted molar refractivity (Wildman–Crippen MR) is 130 cm³/mol. The third-order valence-corrected chi connectivity index (χ3v) is 6.53. The fourth-order valence-electron chi connectivity index (χ4n) is 3.15. The van der Waals surface area contributed by atoms with Crippen LogP contribution in [0.5, 0.6) is 5.75 Å². The zero-order chi connectivity index (χ0) is 24.8. The molecule has 2 rings (SSSR count). The van der Waals surface area contributed by atoms with Gasteiger partial charge in [0, 0.05) is 18.1 Å². The lowest BCUT2D eigenvalue weighted by molar-refractivity contribution is -0.139. The van der Waals surface area contributed by atoms with Gasteiger partial charge in [-0.25, -0.2) is 8.42 Å². The summed E-state index contributed by atoms with van der Waals surface area (Å²) in [5, 5.41) is 3.10. The first-order valence-corrected chi connectivity index (χ1v) is 12.7. The molecule has 2 amide bonds. The lowest BCUT2D eigenvalue weighted by Crippen LogP contribution is -2.51. The van der Waals surface area contributed by atoms with Crippen molar-refractivity contribution in [3.05, 3.63) is 58.1 Å². The fourth-order valence-corrected chi connectivity index (χ4v) is 4.57. The number of sulfonamides is 1. The molecule has 0 heterocycles. The van der Waals surface area contributed by atoms with E-state index in [4.69, 9.17) is 27.9 Å². The molecule has 0 radical (unpaired) electrons. The van der Waals surface area contributed by atoms with E-state index in [0.29, 0.717) is 22.9 Å². The molecule has 1 N–H and O–H groups in total. The highest BCUT2D eigenvalue weighted by molar-refractivity contribution is 7.92. The maximum Gasteiger partial charge on any atom is 0.244 e. The highest BCUT2D eigenvalue weighted by Crippen LogP contribution is 2.30. The number of nitrogens with zero attached hydrogens (tertiary/aromatic N) is 2. The van der Waals surface area contributed by atoms with E-state index in [1.165, 1.54) is 30.2 Å². The second kappa shape index (κ2) is 11.6. The first kappa shape index (κ1) is 26.8. The lowest BCUT2D eigenvalue weighted by atomic mass is 10.1. The normalized spacial score (nSPS) is 12.1. The minimum absolute atomic E-state index is 0.0697. The van der Waals surface area contributed by atoms with E-state index in [9.17, 15) is 18.0 Å². The van der Waals surface area contributed by atoms with E-state index < -0.39 is 28.5 Å². The molecule has 0 aromatic heterocycles. The van der Waals surface area contributed by atoms with Crippen molar-refractivity contribution >= 4 is 50.7 Å². The Morgan fingerprint density at radius 3 is 2.42 bits per heavy atom. The van der Waals surface area contributed by atoms with Crippen molar-refractivity contribution in [1.29, 1.82) is 0 Å². The summed E-state index contributed by atoms with van der Waals surface area (Å²) in [6.07, 6.45) is 0.977. The summed E-state index contributed by atoms with van der Waals surface area (Å²) in [5.41, 5.74) is 0.832. The van der Waals surface area contributed by atoms with Crippen molar-refractivity contribution < 1.29 is 22.7 Å². The van der Waals surface area contributed by atoms with Crippen molar-refractivity contribution in [2.75, 3.05) is 30.8 Å². The number of amides is 2. The van der Waals surface area contributed by atoms with E-state index in [-0.39, 0.29) is 23.2 Å². The van der Waals surface area contributed by atoms with Crippen LogP contribution in [0, 0.1) is 0 Å². The molecule has 0 spiro atoms. The molecule has 0 aliphatic rings. The number of hydrogen-bond donors (Lipinski definition) is 1. The average molecular weight is 516 g/mol. The zero-order valence-electron chi connectivity index (χ0n) is 18.8. The second-order valence-corrected chi connectivity index (χ2v) is 10.1. The van der Waals surface area contributed by atoms with Crippen LogP contribution in [0.3, 0.4) is 0 Å². The SMILES string of the molecule is CCNC(=O)[C@H](C)N(Cc1cccc(OC)c1)C(=O)CN(c1ccc(Cl)cc1Cl)S(C)(=O)=O. The molecule has 0 aliphatic heterocycles. The van der Waals surface area contributed by atoms with Gasteiger partial charge in [-0.1, -0.05) is 35.3 Å². The van der Waals surface area contributed by atoms with E-state index in [2.05, 4.69) is 5.32 Å². The quantitative estimate of drug-likeness (QED) is 0.523. The minimum atomic E-state index is -3.88. The van der Waals surface area contributed by atoms with Gasteiger partial charge >= 0.3 is 0 Å². The number of halogens is 2. The lowest BCUT2D eigenvalue weighted by Gasteiger charge is -2.31. The monoisotopic (exact) mass is 515 g/mol. The third-order valence-electron chi connectivity index (χ3n) is 4.86. The van der Waals surface area contributed by atoms with Crippen LogP contribution in [-0.4, -0.2) is 57.6 Å². The molecule has 1 atom stereocenters.